The van der Waals surface area contributed by atoms with Crippen LogP contribution in [0.4, 0.5) is 0 Å². The molecule has 0 N–H and O–H groups in total. The van der Waals surface area contributed by atoms with E-state index in [4.69, 9.17) is 4.74 Å². The van der Waals surface area contributed by atoms with Gasteiger partial charge >= 0.3 is 5.97 Å². The van der Waals surface area contributed by atoms with E-state index in [9.17, 15) is 9.90 Å². The first-order valence-corrected chi connectivity index (χ1v) is 4.85. The minimum absolute atomic E-state index is 0.0333. The molecule has 0 aliphatic heterocycles. The fourth-order valence-electron chi connectivity index (χ4n) is 0.988. The Balaban J connectivity index is 2.22. The summed E-state index contributed by atoms with van der Waals surface area (Å²) < 4.78 is 9.80. The minimum Gasteiger partial charge on any atom is -0.847 e. The van der Waals surface area contributed by atoms with Crippen molar-refractivity contribution in [2.45, 2.75) is 6.10 Å². The molecular weight excluding hydrogens is 208 g/mol. The first-order valence-electron chi connectivity index (χ1n) is 4.85. The summed E-state index contributed by atoms with van der Waals surface area (Å²) in [6.45, 7) is 2.98. The lowest BCUT2D eigenvalue weighted by Gasteiger charge is -2.21. The number of rotatable bonds is 6. The van der Waals surface area contributed by atoms with Gasteiger partial charge in [0.1, 0.15) is 5.75 Å². The predicted octanol–water partition coefficient (Wildman–Crippen LogP) is 0.523. The van der Waals surface area contributed by atoms with Crippen LogP contribution in [0.3, 0.4) is 0 Å². The second kappa shape index (κ2) is 6.63. The van der Waals surface area contributed by atoms with E-state index >= 15 is 0 Å². The third kappa shape index (κ3) is 4.61. The molecule has 0 amide bonds. The van der Waals surface area contributed by atoms with E-state index in [0.717, 1.165) is 6.08 Å². The van der Waals surface area contributed by atoms with Crippen molar-refractivity contribution in [3.8, 4) is 5.75 Å². The highest BCUT2D eigenvalue weighted by atomic mass is 16.5. The van der Waals surface area contributed by atoms with E-state index in [2.05, 4.69) is 11.3 Å². The number of para-hydroxylation sites is 1. The van der Waals surface area contributed by atoms with Crippen LogP contribution in [-0.4, -0.2) is 25.3 Å². The topological polar surface area (TPSA) is 58.6 Å². The van der Waals surface area contributed by atoms with Gasteiger partial charge in [-0.3, -0.25) is 0 Å². The first-order chi connectivity index (χ1) is 7.72. The molecule has 0 saturated heterocycles. The van der Waals surface area contributed by atoms with Crippen molar-refractivity contribution in [1.82, 2.24) is 0 Å². The van der Waals surface area contributed by atoms with Gasteiger partial charge in [0.2, 0.25) is 0 Å². The van der Waals surface area contributed by atoms with Gasteiger partial charge in [0.25, 0.3) is 0 Å². The maximum absolute atomic E-state index is 11.3. The van der Waals surface area contributed by atoms with Crippen molar-refractivity contribution >= 4 is 5.97 Å². The van der Waals surface area contributed by atoms with Crippen molar-refractivity contribution in [2.75, 3.05) is 13.2 Å². The van der Waals surface area contributed by atoms with Crippen molar-refractivity contribution in [2.24, 2.45) is 0 Å². The van der Waals surface area contributed by atoms with E-state index in [1.165, 1.54) is 0 Å². The summed E-state index contributed by atoms with van der Waals surface area (Å²) in [5.74, 6) is 0.0268. The van der Waals surface area contributed by atoms with E-state index in [-0.39, 0.29) is 13.2 Å². The Morgan fingerprint density at radius 2 is 2.06 bits per heavy atom. The Kier molecular flexibility index (Phi) is 5.08. The van der Waals surface area contributed by atoms with Crippen molar-refractivity contribution < 1.29 is 19.4 Å². The number of hydrogen-bond acceptors (Lipinski definition) is 4. The lowest BCUT2D eigenvalue weighted by molar-refractivity contribution is -0.428. The highest BCUT2D eigenvalue weighted by Crippen LogP contribution is 2.08. The van der Waals surface area contributed by atoms with Gasteiger partial charge in [-0.15, -0.1) is 0 Å². The molecule has 1 unspecified atom stereocenters. The van der Waals surface area contributed by atoms with Crippen LogP contribution in [0, 0.1) is 0 Å². The quantitative estimate of drug-likeness (QED) is 0.519. The standard InChI is InChI=1S/C12H13O4/c1-2-12(14)16-9-10(13)8-15-11-6-4-3-5-7-11/h2-7,10H,1,8-9H2/q-1. The number of esters is 1. The molecule has 1 rings (SSSR count). The zero-order valence-corrected chi connectivity index (χ0v) is 8.80. The Morgan fingerprint density at radius 3 is 2.69 bits per heavy atom. The summed E-state index contributed by atoms with van der Waals surface area (Å²) in [4.78, 5) is 10.7. The first kappa shape index (κ1) is 12.3. The second-order valence-electron chi connectivity index (χ2n) is 3.08. The molecule has 0 fully saturated rings. The molecule has 4 nitrogen and oxygen atoms in total. The van der Waals surface area contributed by atoms with Gasteiger partial charge in [0, 0.05) is 6.08 Å². The number of carbonyl (C=O) groups is 1. The van der Waals surface area contributed by atoms with Crippen molar-refractivity contribution in [3.05, 3.63) is 43.0 Å². The molecule has 1 aromatic carbocycles. The molecule has 4 heteroatoms. The van der Waals surface area contributed by atoms with Crippen LogP contribution < -0.4 is 9.84 Å². The summed E-state index contributed by atoms with van der Waals surface area (Å²) in [7, 11) is 0. The molecule has 1 aromatic rings. The lowest BCUT2D eigenvalue weighted by atomic mass is 10.3. The lowest BCUT2D eigenvalue weighted by Crippen LogP contribution is -2.37. The average Bonchev–Trinajstić information content (AvgIpc) is 2.34. The summed E-state index contributed by atoms with van der Waals surface area (Å²) >= 11 is 0. The molecule has 0 aliphatic rings. The van der Waals surface area contributed by atoms with Gasteiger partial charge in [0.15, 0.2) is 0 Å². The van der Waals surface area contributed by atoms with Crippen LogP contribution in [0.15, 0.2) is 43.0 Å². The van der Waals surface area contributed by atoms with Gasteiger partial charge in [0.05, 0.1) is 13.2 Å². The van der Waals surface area contributed by atoms with E-state index in [0.29, 0.717) is 5.75 Å². The van der Waals surface area contributed by atoms with Crippen LogP contribution in [-0.2, 0) is 9.53 Å². The Morgan fingerprint density at radius 1 is 1.38 bits per heavy atom. The van der Waals surface area contributed by atoms with Crippen LogP contribution in [0.1, 0.15) is 0 Å². The van der Waals surface area contributed by atoms with E-state index in [1.807, 2.05) is 18.2 Å². The van der Waals surface area contributed by atoms with Gasteiger partial charge in [-0.2, -0.15) is 0 Å². The van der Waals surface area contributed by atoms with Gasteiger partial charge in [-0.1, -0.05) is 30.9 Å². The number of hydrogen-bond donors (Lipinski definition) is 0. The maximum atomic E-state index is 11.3. The Bertz CT molecular complexity index is 334. The van der Waals surface area contributed by atoms with Crippen LogP contribution >= 0.6 is 0 Å². The number of benzene rings is 1. The SMILES string of the molecule is C=CC(=O)OCC([O-])COc1ccccc1. The van der Waals surface area contributed by atoms with Crippen LogP contribution in [0.5, 0.6) is 5.75 Å². The largest absolute Gasteiger partial charge is 0.847 e. The van der Waals surface area contributed by atoms with E-state index < -0.39 is 12.1 Å². The second-order valence-corrected chi connectivity index (χ2v) is 3.08. The average molecular weight is 221 g/mol. The number of ether oxygens (including phenoxy) is 2. The third-order valence-electron chi connectivity index (χ3n) is 1.76. The fourth-order valence-corrected chi connectivity index (χ4v) is 0.988. The maximum Gasteiger partial charge on any atom is 0.330 e. The molecule has 0 aromatic heterocycles. The molecule has 0 saturated carbocycles. The number of carbonyl (C=O) groups excluding carboxylic acids is 1. The fraction of sp³-hybridized carbons (Fsp3) is 0.250. The third-order valence-corrected chi connectivity index (χ3v) is 1.76. The zero-order valence-electron chi connectivity index (χ0n) is 8.80. The molecule has 16 heavy (non-hydrogen) atoms. The van der Waals surface area contributed by atoms with Crippen LogP contribution in [0.25, 0.3) is 0 Å². The van der Waals surface area contributed by atoms with Gasteiger partial charge < -0.3 is 14.6 Å². The zero-order chi connectivity index (χ0) is 11.8. The highest BCUT2D eigenvalue weighted by Gasteiger charge is 2.00. The molecular formula is C12H13O4-. The molecule has 0 heterocycles. The molecule has 0 spiro atoms. The highest BCUT2D eigenvalue weighted by molar-refractivity contribution is 5.81. The van der Waals surface area contributed by atoms with Crippen molar-refractivity contribution in [3.63, 3.8) is 0 Å². The summed E-state index contributed by atoms with van der Waals surface area (Å²) in [5.41, 5.74) is 0. The van der Waals surface area contributed by atoms with Crippen LogP contribution in [0.2, 0.25) is 0 Å². The van der Waals surface area contributed by atoms with Gasteiger partial charge in [-0.25, -0.2) is 4.79 Å². The Hall–Kier alpha value is -1.81. The predicted molar refractivity (Wildman–Crippen MR) is 56.9 cm³/mol. The molecule has 0 bridgehead atoms. The smallest absolute Gasteiger partial charge is 0.330 e. The summed E-state index contributed by atoms with van der Waals surface area (Å²) in [5, 5.41) is 11.3. The monoisotopic (exact) mass is 221 g/mol. The molecule has 0 radical (unpaired) electrons. The minimum atomic E-state index is -1.09. The molecule has 86 valence electrons. The Labute approximate surface area is 94.1 Å². The molecule has 1 atom stereocenters. The van der Waals surface area contributed by atoms with Crippen molar-refractivity contribution in [1.29, 1.82) is 0 Å². The summed E-state index contributed by atoms with van der Waals surface area (Å²) in [6, 6.07) is 8.98. The normalized spacial score (nSPS) is 11.6. The molecule has 0 aliphatic carbocycles. The van der Waals surface area contributed by atoms with E-state index in [1.54, 1.807) is 12.1 Å². The summed E-state index contributed by atoms with van der Waals surface area (Å²) in [6.07, 6.45) is -0.0748. The van der Waals surface area contributed by atoms with Gasteiger partial charge in [-0.05, 0) is 12.1 Å².